The van der Waals surface area contributed by atoms with Crippen LogP contribution in [0, 0.1) is 5.82 Å². The summed E-state index contributed by atoms with van der Waals surface area (Å²) in [4.78, 5) is 22.3. The van der Waals surface area contributed by atoms with Crippen molar-refractivity contribution >= 4 is 17.6 Å². The van der Waals surface area contributed by atoms with E-state index in [4.69, 9.17) is 5.11 Å². The molecular weight excluding hydrogens is 251 g/mol. The summed E-state index contributed by atoms with van der Waals surface area (Å²) < 4.78 is 13.2. The number of aromatic carboxylic acids is 1. The van der Waals surface area contributed by atoms with Crippen LogP contribution in [0.5, 0.6) is 0 Å². The minimum atomic E-state index is -1.37. The number of rotatable bonds is 6. The number of amides is 1. The molecule has 104 valence electrons. The Kier molecular flexibility index (Phi) is 5.44. The van der Waals surface area contributed by atoms with Crippen molar-refractivity contribution in [3.8, 4) is 0 Å². The van der Waals surface area contributed by atoms with Gasteiger partial charge < -0.3 is 15.7 Å². The van der Waals surface area contributed by atoms with Crippen molar-refractivity contribution < 1.29 is 19.1 Å². The zero-order valence-electron chi connectivity index (χ0n) is 10.9. The van der Waals surface area contributed by atoms with Crippen LogP contribution >= 0.6 is 0 Å². The Balaban J connectivity index is 2.64. The first kappa shape index (κ1) is 15.1. The normalized spacial score (nSPS) is 11.9. The van der Waals surface area contributed by atoms with Gasteiger partial charge in [-0.15, -0.1) is 0 Å². The number of carboxylic acids is 1. The Labute approximate surface area is 110 Å². The molecule has 6 heteroatoms. The molecule has 19 heavy (non-hydrogen) atoms. The summed E-state index contributed by atoms with van der Waals surface area (Å²) >= 11 is 0. The third-order valence-corrected chi connectivity index (χ3v) is 2.70. The second-order valence-electron chi connectivity index (χ2n) is 4.24. The molecule has 0 spiro atoms. The number of nitrogens with one attached hydrogen (secondary N) is 2. The van der Waals surface area contributed by atoms with E-state index in [2.05, 4.69) is 10.6 Å². The molecular formula is C13H17FN2O3. The standard InChI is InChI=1S/C13H17FN2O3/c1-3-8(2)15-7-12(17)16-9-4-5-11(14)10(6-9)13(18)19/h4-6,8,15H,3,7H2,1-2H3,(H,16,17)(H,18,19). The van der Waals surface area contributed by atoms with Crippen molar-refractivity contribution in [1.29, 1.82) is 0 Å². The molecule has 0 aliphatic heterocycles. The van der Waals surface area contributed by atoms with Crippen molar-refractivity contribution in [2.75, 3.05) is 11.9 Å². The maximum atomic E-state index is 13.2. The molecule has 1 atom stereocenters. The zero-order valence-corrected chi connectivity index (χ0v) is 10.9. The van der Waals surface area contributed by atoms with E-state index in [0.717, 1.165) is 18.6 Å². The number of benzene rings is 1. The minimum Gasteiger partial charge on any atom is -0.478 e. The number of halogens is 1. The Bertz CT molecular complexity index is 477. The summed E-state index contributed by atoms with van der Waals surface area (Å²) in [5.41, 5.74) is -0.206. The van der Waals surface area contributed by atoms with Gasteiger partial charge in [-0.1, -0.05) is 6.92 Å². The fourth-order valence-electron chi connectivity index (χ4n) is 1.38. The summed E-state index contributed by atoms with van der Waals surface area (Å²) in [5.74, 6) is -2.50. The maximum Gasteiger partial charge on any atom is 0.338 e. The summed E-state index contributed by atoms with van der Waals surface area (Å²) in [6.45, 7) is 4.07. The predicted molar refractivity (Wildman–Crippen MR) is 69.7 cm³/mol. The molecule has 0 aliphatic rings. The van der Waals surface area contributed by atoms with E-state index in [1.807, 2.05) is 13.8 Å². The summed E-state index contributed by atoms with van der Waals surface area (Å²) in [6.07, 6.45) is 0.896. The van der Waals surface area contributed by atoms with Gasteiger partial charge in [-0.3, -0.25) is 4.79 Å². The van der Waals surface area contributed by atoms with Crippen LogP contribution in [0.1, 0.15) is 30.6 Å². The SMILES string of the molecule is CCC(C)NCC(=O)Nc1ccc(F)c(C(=O)O)c1. The Morgan fingerprint density at radius 2 is 2.11 bits per heavy atom. The van der Waals surface area contributed by atoms with Gasteiger partial charge in [0.1, 0.15) is 5.82 Å². The smallest absolute Gasteiger partial charge is 0.338 e. The average molecular weight is 268 g/mol. The third-order valence-electron chi connectivity index (χ3n) is 2.70. The van der Waals surface area contributed by atoms with Crippen LogP contribution in [0.4, 0.5) is 10.1 Å². The second kappa shape index (κ2) is 6.84. The lowest BCUT2D eigenvalue weighted by atomic mass is 10.2. The monoisotopic (exact) mass is 268 g/mol. The van der Waals surface area contributed by atoms with E-state index >= 15 is 0 Å². The van der Waals surface area contributed by atoms with E-state index in [1.165, 1.54) is 6.07 Å². The number of carbonyl (C=O) groups is 2. The maximum absolute atomic E-state index is 13.2. The van der Waals surface area contributed by atoms with Crippen LogP contribution in [0.25, 0.3) is 0 Å². The number of anilines is 1. The summed E-state index contributed by atoms with van der Waals surface area (Å²) in [6, 6.07) is 3.65. The van der Waals surface area contributed by atoms with Gasteiger partial charge >= 0.3 is 5.97 Å². The Morgan fingerprint density at radius 3 is 2.68 bits per heavy atom. The van der Waals surface area contributed by atoms with Crippen LogP contribution in [0.2, 0.25) is 0 Å². The van der Waals surface area contributed by atoms with E-state index in [1.54, 1.807) is 0 Å². The van der Waals surface area contributed by atoms with E-state index in [9.17, 15) is 14.0 Å². The van der Waals surface area contributed by atoms with Crippen LogP contribution in [0.15, 0.2) is 18.2 Å². The summed E-state index contributed by atoms with van der Waals surface area (Å²) in [5, 5.41) is 14.3. The lowest BCUT2D eigenvalue weighted by Gasteiger charge is -2.11. The van der Waals surface area contributed by atoms with Crippen molar-refractivity contribution in [2.45, 2.75) is 26.3 Å². The van der Waals surface area contributed by atoms with Crippen molar-refractivity contribution in [2.24, 2.45) is 0 Å². The number of carbonyl (C=O) groups excluding carboxylic acids is 1. The highest BCUT2D eigenvalue weighted by Crippen LogP contribution is 2.14. The van der Waals surface area contributed by atoms with Gasteiger partial charge in [0.2, 0.25) is 5.91 Å². The average Bonchev–Trinajstić information content (AvgIpc) is 2.37. The topological polar surface area (TPSA) is 78.4 Å². The molecule has 1 amide bonds. The molecule has 0 saturated carbocycles. The Morgan fingerprint density at radius 1 is 1.42 bits per heavy atom. The number of carboxylic acid groups (broad SMARTS) is 1. The van der Waals surface area contributed by atoms with E-state index in [0.29, 0.717) is 0 Å². The zero-order chi connectivity index (χ0) is 14.4. The first-order chi connectivity index (χ1) is 8.93. The lowest BCUT2D eigenvalue weighted by molar-refractivity contribution is -0.115. The van der Waals surface area contributed by atoms with Crippen LogP contribution in [-0.4, -0.2) is 29.6 Å². The highest BCUT2D eigenvalue weighted by atomic mass is 19.1. The van der Waals surface area contributed by atoms with Gasteiger partial charge in [0.15, 0.2) is 0 Å². The fraction of sp³-hybridized carbons (Fsp3) is 0.385. The van der Waals surface area contributed by atoms with Crippen LogP contribution < -0.4 is 10.6 Å². The number of hydrogen-bond acceptors (Lipinski definition) is 3. The molecule has 1 aromatic carbocycles. The molecule has 0 bridgehead atoms. The van der Waals surface area contributed by atoms with Crippen LogP contribution in [0.3, 0.4) is 0 Å². The second-order valence-corrected chi connectivity index (χ2v) is 4.24. The highest BCUT2D eigenvalue weighted by Gasteiger charge is 2.12. The molecule has 0 saturated heterocycles. The Hall–Kier alpha value is -1.95. The van der Waals surface area contributed by atoms with Gasteiger partial charge in [-0.05, 0) is 31.5 Å². The van der Waals surface area contributed by atoms with Gasteiger partial charge in [-0.2, -0.15) is 0 Å². The first-order valence-corrected chi connectivity index (χ1v) is 6.00. The number of hydrogen-bond donors (Lipinski definition) is 3. The lowest BCUT2D eigenvalue weighted by Crippen LogP contribution is -2.34. The van der Waals surface area contributed by atoms with Gasteiger partial charge in [-0.25, -0.2) is 9.18 Å². The summed E-state index contributed by atoms with van der Waals surface area (Å²) in [7, 11) is 0. The first-order valence-electron chi connectivity index (χ1n) is 6.00. The highest BCUT2D eigenvalue weighted by molar-refractivity contribution is 5.94. The third kappa shape index (κ3) is 4.67. The van der Waals surface area contributed by atoms with Gasteiger partial charge in [0.05, 0.1) is 12.1 Å². The minimum absolute atomic E-state index is 0.120. The molecule has 0 radical (unpaired) electrons. The molecule has 0 fully saturated rings. The molecule has 0 aliphatic carbocycles. The molecule has 3 N–H and O–H groups in total. The molecule has 0 aromatic heterocycles. The molecule has 5 nitrogen and oxygen atoms in total. The van der Waals surface area contributed by atoms with Crippen molar-refractivity contribution in [3.05, 3.63) is 29.6 Å². The molecule has 1 aromatic rings. The van der Waals surface area contributed by atoms with Gasteiger partial charge in [0, 0.05) is 11.7 Å². The van der Waals surface area contributed by atoms with Crippen molar-refractivity contribution in [3.63, 3.8) is 0 Å². The van der Waals surface area contributed by atoms with Crippen LogP contribution in [-0.2, 0) is 4.79 Å². The van der Waals surface area contributed by atoms with Gasteiger partial charge in [0.25, 0.3) is 0 Å². The predicted octanol–water partition coefficient (Wildman–Crippen LogP) is 1.85. The van der Waals surface area contributed by atoms with E-state index in [-0.39, 0.29) is 24.2 Å². The van der Waals surface area contributed by atoms with E-state index < -0.39 is 17.3 Å². The van der Waals surface area contributed by atoms with Crippen molar-refractivity contribution in [1.82, 2.24) is 5.32 Å². The fourth-order valence-corrected chi connectivity index (χ4v) is 1.38. The molecule has 1 rings (SSSR count). The quantitative estimate of drug-likeness (QED) is 0.735. The largest absolute Gasteiger partial charge is 0.478 e. The molecule has 0 heterocycles. The molecule has 1 unspecified atom stereocenters.